The molecule has 0 spiro atoms. The molecule has 1 aromatic carbocycles. The fourth-order valence-corrected chi connectivity index (χ4v) is 3.98. The number of rotatable bonds is 4. The van der Waals surface area contributed by atoms with E-state index in [1.165, 1.54) is 0 Å². The Bertz CT molecular complexity index is 1110. The highest BCUT2D eigenvalue weighted by Gasteiger charge is 2.32. The van der Waals surface area contributed by atoms with E-state index in [0.717, 1.165) is 54.0 Å². The number of piperazine rings is 1. The van der Waals surface area contributed by atoms with E-state index in [0.29, 0.717) is 23.6 Å². The maximum absolute atomic E-state index is 13.0. The number of ether oxygens (including phenoxy) is 2. The van der Waals surface area contributed by atoms with Crippen LogP contribution in [0.15, 0.2) is 42.5 Å². The summed E-state index contributed by atoms with van der Waals surface area (Å²) in [5.74, 6) is 1.58. The first-order chi connectivity index (χ1) is 14.2. The Labute approximate surface area is 168 Å². The van der Waals surface area contributed by atoms with Crippen molar-refractivity contribution in [3.63, 3.8) is 0 Å². The number of nitrogens with one attached hydrogen (secondary N) is 2. The second-order valence-electron chi connectivity index (χ2n) is 7.25. The third-order valence-corrected chi connectivity index (χ3v) is 5.51. The van der Waals surface area contributed by atoms with Gasteiger partial charge < -0.3 is 19.8 Å². The van der Waals surface area contributed by atoms with Crippen LogP contribution in [-0.2, 0) is 6.54 Å². The maximum atomic E-state index is 13.0. The van der Waals surface area contributed by atoms with E-state index in [4.69, 9.17) is 9.47 Å². The lowest BCUT2D eigenvalue weighted by Gasteiger charge is -2.28. The lowest BCUT2D eigenvalue weighted by atomic mass is 10.0. The predicted octanol–water partition coefficient (Wildman–Crippen LogP) is 2.59. The third kappa shape index (κ3) is 3.18. The van der Waals surface area contributed by atoms with Crippen LogP contribution < -0.4 is 14.8 Å². The van der Waals surface area contributed by atoms with E-state index in [9.17, 15) is 4.79 Å². The summed E-state index contributed by atoms with van der Waals surface area (Å²) in [5.41, 5.74) is 3.33. The molecule has 5 rings (SSSR count). The first-order valence-electron chi connectivity index (χ1n) is 9.73. The molecule has 2 N–H and O–H groups in total. The van der Waals surface area contributed by atoms with Crippen molar-refractivity contribution in [2.75, 3.05) is 33.3 Å². The number of nitrogens with zero attached hydrogens (tertiary/aromatic N) is 2. The van der Waals surface area contributed by atoms with Gasteiger partial charge >= 0.3 is 0 Å². The zero-order valence-electron chi connectivity index (χ0n) is 16.2. The number of carbonyl (C=O) groups is 1. The molecule has 0 bridgehead atoms. The van der Waals surface area contributed by atoms with Gasteiger partial charge in [0.2, 0.25) is 5.78 Å². The SMILES string of the molecule is COc1ccc2c(c1CN1CCNCC1)O/C(=C\c1c[nH]c3cnccc13)C2=O. The first kappa shape index (κ1) is 17.9. The fourth-order valence-electron chi connectivity index (χ4n) is 3.98. The number of ketones is 1. The second kappa shape index (κ2) is 7.35. The molecule has 0 unspecified atom stereocenters. The van der Waals surface area contributed by atoms with Crippen LogP contribution in [0.1, 0.15) is 21.5 Å². The highest BCUT2D eigenvalue weighted by atomic mass is 16.5. The summed E-state index contributed by atoms with van der Waals surface area (Å²) in [7, 11) is 1.65. The summed E-state index contributed by atoms with van der Waals surface area (Å²) in [4.78, 5) is 22.7. The minimum atomic E-state index is -0.104. The largest absolute Gasteiger partial charge is 0.496 e. The maximum Gasteiger partial charge on any atom is 0.231 e. The van der Waals surface area contributed by atoms with Crippen LogP contribution in [0.4, 0.5) is 0 Å². The zero-order valence-corrected chi connectivity index (χ0v) is 16.2. The van der Waals surface area contributed by atoms with Crippen LogP contribution >= 0.6 is 0 Å². The molecule has 1 saturated heterocycles. The normalized spacial score (nSPS) is 18.2. The quantitative estimate of drug-likeness (QED) is 0.667. The summed E-state index contributed by atoms with van der Waals surface area (Å²) >= 11 is 0. The van der Waals surface area contributed by atoms with Crippen LogP contribution in [0.5, 0.6) is 11.5 Å². The molecular formula is C22H22N4O3. The minimum absolute atomic E-state index is 0.104. The van der Waals surface area contributed by atoms with Crippen molar-refractivity contribution in [2.24, 2.45) is 0 Å². The van der Waals surface area contributed by atoms with Crippen molar-refractivity contribution in [1.82, 2.24) is 20.2 Å². The Kier molecular flexibility index (Phi) is 4.54. The topological polar surface area (TPSA) is 79.5 Å². The first-order valence-corrected chi connectivity index (χ1v) is 9.73. The van der Waals surface area contributed by atoms with E-state index >= 15 is 0 Å². The molecule has 2 aromatic heterocycles. The number of allylic oxidation sites excluding steroid dienone is 1. The monoisotopic (exact) mass is 390 g/mol. The number of hydrogen-bond donors (Lipinski definition) is 2. The van der Waals surface area contributed by atoms with Gasteiger partial charge in [-0.1, -0.05) is 0 Å². The summed E-state index contributed by atoms with van der Waals surface area (Å²) in [6.45, 7) is 4.50. The average Bonchev–Trinajstić information content (AvgIpc) is 3.31. The number of H-pyrrole nitrogens is 1. The van der Waals surface area contributed by atoms with Gasteiger partial charge in [-0.15, -0.1) is 0 Å². The molecule has 1 fully saturated rings. The second-order valence-corrected chi connectivity index (χ2v) is 7.25. The van der Waals surface area contributed by atoms with Gasteiger partial charge in [0, 0.05) is 56.1 Å². The summed E-state index contributed by atoms with van der Waals surface area (Å²) in [6.07, 6.45) is 7.16. The standard InChI is InChI=1S/C22H22N4O3/c1-28-19-3-2-16-21(27)20(10-14-11-25-18-12-24-5-4-15(14)18)29-22(16)17(19)13-26-8-6-23-7-9-26/h2-5,10-12,23,25H,6-9,13H2,1H3/b20-10-. The Morgan fingerprint density at radius 2 is 2.14 bits per heavy atom. The van der Waals surface area contributed by atoms with Gasteiger partial charge in [-0.2, -0.15) is 0 Å². The number of hydrogen-bond acceptors (Lipinski definition) is 6. The van der Waals surface area contributed by atoms with E-state index in [1.807, 2.05) is 18.3 Å². The van der Waals surface area contributed by atoms with Gasteiger partial charge in [0.05, 0.1) is 30.0 Å². The Balaban J connectivity index is 1.52. The number of benzene rings is 1. The van der Waals surface area contributed by atoms with E-state index in [-0.39, 0.29) is 5.78 Å². The van der Waals surface area contributed by atoms with Gasteiger partial charge in [-0.25, -0.2) is 0 Å². The highest BCUT2D eigenvalue weighted by Crippen LogP contribution is 2.40. The number of aromatic amines is 1. The zero-order chi connectivity index (χ0) is 19.8. The fraction of sp³-hybridized carbons (Fsp3) is 0.273. The lowest BCUT2D eigenvalue weighted by molar-refractivity contribution is 0.101. The molecule has 0 radical (unpaired) electrons. The molecule has 29 heavy (non-hydrogen) atoms. The molecule has 7 heteroatoms. The molecule has 4 heterocycles. The molecular weight excluding hydrogens is 368 g/mol. The Morgan fingerprint density at radius 3 is 2.97 bits per heavy atom. The lowest BCUT2D eigenvalue weighted by Crippen LogP contribution is -2.43. The van der Waals surface area contributed by atoms with E-state index < -0.39 is 0 Å². The van der Waals surface area contributed by atoms with Crippen molar-refractivity contribution >= 4 is 22.8 Å². The smallest absolute Gasteiger partial charge is 0.231 e. The molecule has 148 valence electrons. The number of aromatic nitrogens is 2. The van der Waals surface area contributed by atoms with Gasteiger partial charge in [0.25, 0.3) is 0 Å². The summed E-state index contributed by atoms with van der Waals surface area (Å²) in [6, 6.07) is 5.57. The number of methoxy groups -OCH3 is 1. The van der Waals surface area contributed by atoms with Crippen LogP contribution in [0.2, 0.25) is 0 Å². The van der Waals surface area contributed by atoms with Crippen molar-refractivity contribution in [1.29, 1.82) is 0 Å². The van der Waals surface area contributed by atoms with Gasteiger partial charge in [0.1, 0.15) is 11.5 Å². The number of pyridine rings is 1. The van der Waals surface area contributed by atoms with E-state index in [1.54, 1.807) is 31.6 Å². The highest BCUT2D eigenvalue weighted by molar-refractivity contribution is 6.15. The molecule has 3 aromatic rings. The van der Waals surface area contributed by atoms with Gasteiger partial charge in [-0.05, 0) is 24.3 Å². The molecule has 0 saturated carbocycles. The number of carbonyl (C=O) groups excluding carboxylic acids is 1. The number of Topliss-reactive ketones (excluding diaryl/α,β-unsaturated/α-hetero) is 1. The third-order valence-electron chi connectivity index (χ3n) is 5.51. The van der Waals surface area contributed by atoms with E-state index in [2.05, 4.69) is 20.2 Å². The predicted molar refractivity (Wildman–Crippen MR) is 110 cm³/mol. The van der Waals surface area contributed by atoms with Gasteiger partial charge in [-0.3, -0.25) is 14.7 Å². The molecule has 7 nitrogen and oxygen atoms in total. The molecule has 2 aliphatic rings. The summed E-state index contributed by atoms with van der Waals surface area (Å²) in [5, 5.41) is 4.36. The van der Waals surface area contributed by atoms with Crippen molar-refractivity contribution in [3.05, 3.63) is 59.2 Å². The Morgan fingerprint density at radius 1 is 1.28 bits per heavy atom. The van der Waals surface area contributed by atoms with Crippen LogP contribution in [-0.4, -0.2) is 53.9 Å². The molecule has 0 aliphatic carbocycles. The molecule has 2 aliphatic heterocycles. The molecule has 0 amide bonds. The van der Waals surface area contributed by atoms with Crippen LogP contribution in [0, 0.1) is 0 Å². The van der Waals surface area contributed by atoms with Gasteiger partial charge in [0.15, 0.2) is 5.76 Å². The van der Waals surface area contributed by atoms with Crippen molar-refractivity contribution in [2.45, 2.75) is 6.54 Å². The number of fused-ring (bicyclic) bond motifs is 2. The van der Waals surface area contributed by atoms with Crippen molar-refractivity contribution < 1.29 is 14.3 Å². The Hall–Kier alpha value is -3.16. The average molecular weight is 390 g/mol. The minimum Gasteiger partial charge on any atom is -0.496 e. The molecule has 0 atom stereocenters. The van der Waals surface area contributed by atoms with Crippen LogP contribution in [0.3, 0.4) is 0 Å². The van der Waals surface area contributed by atoms with Crippen LogP contribution in [0.25, 0.3) is 17.0 Å². The summed E-state index contributed by atoms with van der Waals surface area (Å²) < 4.78 is 11.7. The van der Waals surface area contributed by atoms with Crippen molar-refractivity contribution in [3.8, 4) is 11.5 Å².